The lowest BCUT2D eigenvalue weighted by Gasteiger charge is -2.09. The molecule has 0 spiro atoms. The van der Waals surface area contributed by atoms with Crippen LogP contribution in [0, 0.1) is 5.92 Å². The zero-order chi connectivity index (χ0) is 12.4. The number of carboxylic acids is 1. The van der Waals surface area contributed by atoms with Gasteiger partial charge in [-0.1, -0.05) is 11.6 Å². The first kappa shape index (κ1) is 11.7. The Labute approximate surface area is 102 Å². The monoisotopic (exact) mass is 255 g/mol. The van der Waals surface area contributed by atoms with Crippen molar-refractivity contribution in [2.75, 3.05) is 11.9 Å². The molecule has 17 heavy (non-hydrogen) atoms. The lowest BCUT2D eigenvalue weighted by atomic mass is 10.1. The molecular formula is C11H10ClNO4. The van der Waals surface area contributed by atoms with Gasteiger partial charge in [0.2, 0.25) is 5.91 Å². The van der Waals surface area contributed by atoms with Crippen LogP contribution >= 0.6 is 11.6 Å². The molecule has 1 aliphatic rings. The summed E-state index contributed by atoms with van der Waals surface area (Å²) in [5, 5.41) is 11.8. The number of carbonyl (C=O) groups excluding carboxylic acids is 1. The topological polar surface area (TPSA) is 75.6 Å². The first-order valence-electron chi connectivity index (χ1n) is 5.01. The summed E-state index contributed by atoms with van der Waals surface area (Å²) in [6.07, 6.45) is -0.256. The molecule has 1 aromatic carbocycles. The first-order chi connectivity index (χ1) is 8.06. The average molecular weight is 256 g/mol. The number of amides is 1. The highest BCUT2D eigenvalue weighted by molar-refractivity contribution is 6.31. The SMILES string of the molecule is O=C(O)C[C@@H]1COc2ccc(Cl)cc2NC1=O. The van der Waals surface area contributed by atoms with Gasteiger partial charge in [0.1, 0.15) is 12.4 Å². The van der Waals surface area contributed by atoms with E-state index in [0.29, 0.717) is 16.5 Å². The van der Waals surface area contributed by atoms with Crippen LogP contribution in [0.2, 0.25) is 5.02 Å². The van der Waals surface area contributed by atoms with Gasteiger partial charge in [0.15, 0.2) is 0 Å². The molecule has 5 nitrogen and oxygen atoms in total. The van der Waals surface area contributed by atoms with Crippen LogP contribution in [0.3, 0.4) is 0 Å². The predicted molar refractivity (Wildman–Crippen MR) is 61.3 cm³/mol. The maximum atomic E-state index is 11.7. The van der Waals surface area contributed by atoms with E-state index in [-0.39, 0.29) is 18.9 Å². The standard InChI is InChI=1S/C11H10ClNO4/c12-7-1-2-9-8(4-7)13-11(16)6(5-17-9)3-10(14)15/h1-2,4,6H,3,5H2,(H,13,16)(H,14,15)/t6-/m1/s1. The molecule has 0 saturated carbocycles. The molecule has 0 radical (unpaired) electrons. The van der Waals surface area contributed by atoms with E-state index in [2.05, 4.69) is 5.32 Å². The Morgan fingerprint density at radius 2 is 2.35 bits per heavy atom. The summed E-state index contributed by atoms with van der Waals surface area (Å²) in [5.74, 6) is -1.60. The number of rotatable bonds is 2. The third kappa shape index (κ3) is 2.68. The molecule has 0 saturated heterocycles. The molecule has 90 valence electrons. The van der Waals surface area contributed by atoms with E-state index in [1.54, 1.807) is 18.2 Å². The maximum Gasteiger partial charge on any atom is 0.304 e. The minimum absolute atomic E-state index is 0.0484. The summed E-state index contributed by atoms with van der Waals surface area (Å²) in [5.41, 5.74) is 0.468. The zero-order valence-electron chi connectivity index (χ0n) is 8.77. The fourth-order valence-corrected chi connectivity index (χ4v) is 1.76. The fourth-order valence-electron chi connectivity index (χ4n) is 1.59. The van der Waals surface area contributed by atoms with Crippen LogP contribution in [-0.4, -0.2) is 23.6 Å². The quantitative estimate of drug-likeness (QED) is 0.844. The van der Waals surface area contributed by atoms with E-state index in [4.69, 9.17) is 21.4 Å². The largest absolute Gasteiger partial charge is 0.491 e. The van der Waals surface area contributed by atoms with Crippen LogP contribution < -0.4 is 10.1 Å². The van der Waals surface area contributed by atoms with Gasteiger partial charge in [-0.25, -0.2) is 0 Å². The van der Waals surface area contributed by atoms with Crippen molar-refractivity contribution in [2.24, 2.45) is 5.92 Å². The van der Waals surface area contributed by atoms with Gasteiger partial charge in [0.05, 0.1) is 18.0 Å². The first-order valence-corrected chi connectivity index (χ1v) is 5.39. The molecule has 6 heteroatoms. The molecule has 1 aromatic rings. The highest BCUT2D eigenvalue weighted by atomic mass is 35.5. The van der Waals surface area contributed by atoms with E-state index >= 15 is 0 Å². The predicted octanol–water partition coefficient (Wildman–Crippen LogP) is 1.76. The summed E-state index contributed by atoms with van der Waals surface area (Å²) in [6.45, 7) is 0.0484. The number of carboxylic acid groups (broad SMARTS) is 1. The Morgan fingerprint density at radius 1 is 1.59 bits per heavy atom. The molecule has 1 heterocycles. The molecular weight excluding hydrogens is 246 g/mol. The van der Waals surface area contributed by atoms with Gasteiger partial charge in [-0.2, -0.15) is 0 Å². The molecule has 0 aromatic heterocycles. The molecule has 1 aliphatic heterocycles. The zero-order valence-corrected chi connectivity index (χ0v) is 9.53. The summed E-state index contributed by atoms with van der Waals surface area (Å²) >= 11 is 5.80. The van der Waals surface area contributed by atoms with E-state index in [1.165, 1.54) is 0 Å². The van der Waals surface area contributed by atoms with Gasteiger partial charge in [0, 0.05) is 5.02 Å². The molecule has 0 fully saturated rings. The molecule has 2 rings (SSSR count). The number of halogens is 1. The van der Waals surface area contributed by atoms with Crippen molar-refractivity contribution in [2.45, 2.75) is 6.42 Å². The molecule has 1 amide bonds. The van der Waals surface area contributed by atoms with Crippen molar-refractivity contribution in [3.63, 3.8) is 0 Å². The van der Waals surface area contributed by atoms with E-state index in [9.17, 15) is 9.59 Å². The summed E-state index contributed by atoms with van der Waals surface area (Å²) < 4.78 is 5.38. The van der Waals surface area contributed by atoms with Gasteiger partial charge < -0.3 is 15.2 Å². The molecule has 2 N–H and O–H groups in total. The van der Waals surface area contributed by atoms with Crippen LogP contribution in [0.1, 0.15) is 6.42 Å². The number of ether oxygens (including phenoxy) is 1. The second-order valence-corrected chi connectivity index (χ2v) is 4.17. The highest BCUT2D eigenvalue weighted by Gasteiger charge is 2.26. The lowest BCUT2D eigenvalue weighted by molar-refractivity contribution is -0.140. The van der Waals surface area contributed by atoms with E-state index in [1.807, 2.05) is 0 Å². The van der Waals surface area contributed by atoms with Crippen LogP contribution in [0.15, 0.2) is 18.2 Å². The van der Waals surface area contributed by atoms with Crippen LogP contribution in [-0.2, 0) is 9.59 Å². The third-order valence-electron chi connectivity index (χ3n) is 2.43. The van der Waals surface area contributed by atoms with Gasteiger partial charge in [-0.3, -0.25) is 9.59 Å². The Morgan fingerprint density at radius 3 is 3.06 bits per heavy atom. The molecule has 0 bridgehead atoms. The second-order valence-electron chi connectivity index (χ2n) is 3.74. The van der Waals surface area contributed by atoms with Crippen molar-refractivity contribution < 1.29 is 19.4 Å². The smallest absolute Gasteiger partial charge is 0.304 e. The fraction of sp³-hybridized carbons (Fsp3) is 0.273. The minimum atomic E-state index is -1.03. The van der Waals surface area contributed by atoms with Crippen molar-refractivity contribution in [3.8, 4) is 5.75 Å². The maximum absolute atomic E-state index is 11.7. The van der Waals surface area contributed by atoms with Crippen molar-refractivity contribution in [1.29, 1.82) is 0 Å². The van der Waals surface area contributed by atoms with Gasteiger partial charge >= 0.3 is 5.97 Å². The Kier molecular flexibility index (Phi) is 3.19. The van der Waals surface area contributed by atoms with Gasteiger partial charge in [0.25, 0.3) is 0 Å². The van der Waals surface area contributed by atoms with Gasteiger partial charge in [-0.05, 0) is 18.2 Å². The number of hydrogen-bond acceptors (Lipinski definition) is 3. The third-order valence-corrected chi connectivity index (χ3v) is 2.67. The van der Waals surface area contributed by atoms with E-state index in [0.717, 1.165) is 0 Å². The summed E-state index contributed by atoms with van der Waals surface area (Å²) in [6, 6.07) is 4.85. The number of fused-ring (bicyclic) bond motifs is 1. The van der Waals surface area contributed by atoms with Crippen LogP contribution in [0.4, 0.5) is 5.69 Å². The Balaban J connectivity index is 2.22. The molecule has 1 atom stereocenters. The lowest BCUT2D eigenvalue weighted by Crippen LogP contribution is -2.27. The number of carbonyl (C=O) groups is 2. The molecule has 0 aliphatic carbocycles. The summed E-state index contributed by atoms with van der Waals surface area (Å²) in [4.78, 5) is 22.3. The minimum Gasteiger partial charge on any atom is -0.491 e. The Hall–Kier alpha value is -1.75. The average Bonchev–Trinajstić information content (AvgIpc) is 2.38. The van der Waals surface area contributed by atoms with Gasteiger partial charge in [-0.15, -0.1) is 0 Å². The van der Waals surface area contributed by atoms with E-state index < -0.39 is 11.9 Å². The van der Waals surface area contributed by atoms with Crippen LogP contribution in [0.5, 0.6) is 5.75 Å². The normalized spacial score (nSPS) is 18.6. The number of anilines is 1. The number of nitrogens with one attached hydrogen (secondary N) is 1. The van der Waals surface area contributed by atoms with Crippen molar-refractivity contribution in [1.82, 2.24) is 0 Å². The Bertz CT molecular complexity index is 475. The number of benzene rings is 1. The molecule has 0 unspecified atom stereocenters. The number of hydrogen-bond donors (Lipinski definition) is 2. The van der Waals surface area contributed by atoms with Crippen LogP contribution in [0.25, 0.3) is 0 Å². The van der Waals surface area contributed by atoms with Crippen molar-refractivity contribution in [3.05, 3.63) is 23.2 Å². The summed E-state index contributed by atoms with van der Waals surface area (Å²) in [7, 11) is 0. The second kappa shape index (κ2) is 4.63. The highest BCUT2D eigenvalue weighted by Crippen LogP contribution is 2.31. The number of aliphatic carboxylic acids is 1. The van der Waals surface area contributed by atoms with Crippen molar-refractivity contribution >= 4 is 29.2 Å².